The smallest absolute Gasteiger partial charge is 0.238 e. The summed E-state index contributed by atoms with van der Waals surface area (Å²) in [6.07, 6.45) is -1.59. The van der Waals surface area contributed by atoms with Crippen molar-refractivity contribution in [3.63, 3.8) is 0 Å². The molecule has 0 radical (unpaired) electrons. The summed E-state index contributed by atoms with van der Waals surface area (Å²) in [6.45, 7) is 1.75. The van der Waals surface area contributed by atoms with Gasteiger partial charge in [-0.25, -0.2) is 4.39 Å². The molecule has 0 bridgehead atoms. The van der Waals surface area contributed by atoms with Crippen molar-refractivity contribution in [1.29, 1.82) is 0 Å². The SMILES string of the molecule is CCCCC(F)(F)C(F)(F)C(F)(F)C(C)(C)F. The molecule has 17 heavy (non-hydrogen) atoms. The van der Waals surface area contributed by atoms with Crippen molar-refractivity contribution in [2.75, 3.05) is 0 Å². The Morgan fingerprint density at radius 1 is 0.765 bits per heavy atom. The minimum absolute atomic E-state index is 0.149. The minimum atomic E-state index is -5.71. The summed E-state index contributed by atoms with van der Waals surface area (Å²) in [5.41, 5.74) is -3.73. The molecule has 0 aliphatic rings. The van der Waals surface area contributed by atoms with Crippen LogP contribution in [0.3, 0.4) is 0 Å². The van der Waals surface area contributed by atoms with Gasteiger partial charge in [0, 0.05) is 6.42 Å². The third-order valence-corrected chi connectivity index (χ3v) is 2.44. The number of rotatable bonds is 6. The van der Waals surface area contributed by atoms with Crippen molar-refractivity contribution < 1.29 is 30.7 Å². The van der Waals surface area contributed by atoms with Gasteiger partial charge in [-0.1, -0.05) is 13.3 Å². The quantitative estimate of drug-likeness (QED) is 0.605. The van der Waals surface area contributed by atoms with Gasteiger partial charge in [0.2, 0.25) is 0 Å². The van der Waals surface area contributed by atoms with Crippen LogP contribution in [0, 0.1) is 0 Å². The van der Waals surface area contributed by atoms with E-state index < -0.39 is 29.9 Å². The molecule has 0 saturated carbocycles. The van der Waals surface area contributed by atoms with Crippen LogP contribution in [0.25, 0.3) is 0 Å². The van der Waals surface area contributed by atoms with Crippen molar-refractivity contribution in [2.45, 2.75) is 63.5 Å². The van der Waals surface area contributed by atoms with Crippen molar-refractivity contribution in [3.8, 4) is 0 Å². The van der Waals surface area contributed by atoms with Gasteiger partial charge in [-0.05, 0) is 20.3 Å². The van der Waals surface area contributed by atoms with Gasteiger partial charge in [0.25, 0.3) is 0 Å². The molecule has 7 heteroatoms. The van der Waals surface area contributed by atoms with E-state index in [1.54, 1.807) is 0 Å². The predicted octanol–water partition coefficient (Wildman–Crippen LogP) is 4.83. The third-order valence-electron chi connectivity index (χ3n) is 2.44. The van der Waals surface area contributed by atoms with Crippen LogP contribution < -0.4 is 0 Å². The summed E-state index contributed by atoms with van der Waals surface area (Å²) in [4.78, 5) is 0. The lowest BCUT2D eigenvalue weighted by molar-refractivity contribution is -0.340. The second-order valence-electron chi connectivity index (χ2n) is 4.43. The molecule has 0 N–H and O–H groups in total. The lowest BCUT2D eigenvalue weighted by atomic mass is 9.90. The standard InChI is InChI=1S/C10H15F7/c1-4-5-6-8(12,13)10(16,17)9(14,15)7(2,3)11/h4-6H2,1-3H3. The Morgan fingerprint density at radius 3 is 1.47 bits per heavy atom. The Morgan fingerprint density at radius 2 is 1.18 bits per heavy atom. The maximum atomic E-state index is 13.1. The van der Waals surface area contributed by atoms with Crippen LogP contribution in [0.1, 0.15) is 40.0 Å². The topological polar surface area (TPSA) is 0 Å². The average Bonchev–Trinajstić information content (AvgIpc) is 2.12. The first-order valence-electron chi connectivity index (χ1n) is 5.13. The summed E-state index contributed by atoms with van der Waals surface area (Å²) in [6, 6.07) is 0. The fourth-order valence-corrected chi connectivity index (χ4v) is 1.16. The molecule has 0 aromatic heterocycles. The Kier molecular flexibility index (Phi) is 4.51. The largest absolute Gasteiger partial charge is 0.375 e. The van der Waals surface area contributed by atoms with Crippen LogP contribution in [0.15, 0.2) is 0 Å². The maximum absolute atomic E-state index is 13.1. The number of unbranched alkanes of at least 4 members (excludes halogenated alkanes) is 1. The van der Waals surface area contributed by atoms with Crippen molar-refractivity contribution in [1.82, 2.24) is 0 Å². The molecule has 0 aromatic carbocycles. The zero-order chi connectivity index (χ0) is 14.1. The molecule has 0 aliphatic carbocycles. The molecule has 0 heterocycles. The first-order valence-corrected chi connectivity index (χ1v) is 5.13. The highest BCUT2D eigenvalue weighted by Crippen LogP contribution is 2.53. The average molecular weight is 268 g/mol. The Balaban J connectivity index is 5.24. The van der Waals surface area contributed by atoms with Gasteiger partial charge in [-0.15, -0.1) is 0 Å². The molecular weight excluding hydrogens is 253 g/mol. The van der Waals surface area contributed by atoms with Gasteiger partial charge in [-0.3, -0.25) is 0 Å². The molecule has 0 fully saturated rings. The van der Waals surface area contributed by atoms with E-state index in [1.165, 1.54) is 6.92 Å². The lowest BCUT2D eigenvalue weighted by Crippen LogP contribution is -2.61. The van der Waals surface area contributed by atoms with Crippen molar-refractivity contribution in [2.24, 2.45) is 0 Å². The van der Waals surface area contributed by atoms with Crippen LogP contribution in [0.2, 0.25) is 0 Å². The van der Waals surface area contributed by atoms with E-state index in [0.717, 1.165) is 0 Å². The zero-order valence-electron chi connectivity index (χ0n) is 9.77. The number of hydrogen-bond donors (Lipinski definition) is 0. The van der Waals surface area contributed by atoms with Crippen LogP contribution in [0.4, 0.5) is 30.7 Å². The van der Waals surface area contributed by atoms with Gasteiger partial charge in [0.05, 0.1) is 0 Å². The van der Waals surface area contributed by atoms with Crippen LogP contribution in [-0.4, -0.2) is 23.4 Å². The summed E-state index contributed by atoms with van der Waals surface area (Å²) >= 11 is 0. The fraction of sp³-hybridized carbons (Fsp3) is 1.00. The maximum Gasteiger partial charge on any atom is 0.375 e. The zero-order valence-corrected chi connectivity index (χ0v) is 9.77. The third kappa shape index (κ3) is 2.85. The van der Waals surface area contributed by atoms with Gasteiger partial charge >= 0.3 is 17.8 Å². The first-order chi connectivity index (χ1) is 7.31. The van der Waals surface area contributed by atoms with Crippen LogP contribution in [0.5, 0.6) is 0 Å². The van der Waals surface area contributed by atoms with E-state index in [0.29, 0.717) is 0 Å². The van der Waals surface area contributed by atoms with Crippen LogP contribution in [-0.2, 0) is 0 Å². The summed E-state index contributed by atoms with van der Waals surface area (Å²) in [7, 11) is 0. The highest BCUT2D eigenvalue weighted by molar-refractivity contribution is 5.03. The van der Waals surface area contributed by atoms with E-state index in [2.05, 4.69) is 0 Å². The molecule has 0 nitrogen and oxygen atoms in total. The highest BCUT2D eigenvalue weighted by atomic mass is 19.3. The molecule has 0 unspecified atom stereocenters. The van der Waals surface area contributed by atoms with Gasteiger partial charge < -0.3 is 0 Å². The van der Waals surface area contributed by atoms with E-state index >= 15 is 0 Å². The molecule has 104 valence electrons. The van der Waals surface area contributed by atoms with E-state index in [9.17, 15) is 30.7 Å². The van der Waals surface area contributed by atoms with Crippen molar-refractivity contribution in [3.05, 3.63) is 0 Å². The second kappa shape index (κ2) is 4.65. The Labute approximate surface area is 95.2 Å². The number of alkyl halides is 7. The predicted molar refractivity (Wildman–Crippen MR) is 49.6 cm³/mol. The van der Waals surface area contributed by atoms with Gasteiger partial charge in [0.1, 0.15) is 0 Å². The summed E-state index contributed by atoms with van der Waals surface area (Å²) in [5.74, 6) is -16.1. The molecule has 0 saturated heterocycles. The molecule has 0 aliphatic heterocycles. The van der Waals surface area contributed by atoms with E-state index in [4.69, 9.17) is 0 Å². The number of halogens is 7. The monoisotopic (exact) mass is 268 g/mol. The first kappa shape index (κ1) is 16.5. The normalized spacial score (nSPS) is 15.2. The Bertz CT molecular complexity index is 252. The minimum Gasteiger partial charge on any atom is -0.238 e. The van der Waals surface area contributed by atoms with Crippen LogP contribution >= 0.6 is 0 Å². The molecule has 0 rings (SSSR count). The van der Waals surface area contributed by atoms with E-state index in [1.807, 2.05) is 0 Å². The molecule has 0 atom stereocenters. The van der Waals surface area contributed by atoms with Gasteiger partial charge in [-0.2, -0.15) is 26.3 Å². The highest BCUT2D eigenvalue weighted by Gasteiger charge is 2.76. The lowest BCUT2D eigenvalue weighted by Gasteiger charge is -2.37. The molecular formula is C10H15F7. The second-order valence-corrected chi connectivity index (χ2v) is 4.43. The summed E-state index contributed by atoms with van der Waals surface area (Å²) < 4.78 is 91.2. The Hall–Kier alpha value is -0.490. The summed E-state index contributed by atoms with van der Waals surface area (Å²) in [5, 5.41) is 0. The molecule has 0 aromatic rings. The molecule has 0 amide bonds. The molecule has 0 spiro atoms. The van der Waals surface area contributed by atoms with E-state index in [-0.39, 0.29) is 26.7 Å². The number of hydrogen-bond acceptors (Lipinski definition) is 0. The fourth-order valence-electron chi connectivity index (χ4n) is 1.16. The van der Waals surface area contributed by atoms with Gasteiger partial charge in [0.15, 0.2) is 5.67 Å². The van der Waals surface area contributed by atoms with Crippen molar-refractivity contribution >= 4 is 0 Å².